The van der Waals surface area contributed by atoms with E-state index in [-0.39, 0.29) is 11.3 Å². The van der Waals surface area contributed by atoms with E-state index in [0.717, 1.165) is 17.5 Å². The van der Waals surface area contributed by atoms with E-state index in [4.69, 9.17) is 0 Å². The highest BCUT2D eigenvalue weighted by Gasteiger charge is 2.22. The molecule has 0 bridgehead atoms. The summed E-state index contributed by atoms with van der Waals surface area (Å²) in [6, 6.07) is 6.74. The first-order valence-electron chi connectivity index (χ1n) is 8.05. The van der Waals surface area contributed by atoms with E-state index in [1.807, 2.05) is 17.7 Å². The number of carbonyl (C=O) groups excluding carboxylic acids is 2. The summed E-state index contributed by atoms with van der Waals surface area (Å²) in [5.41, 5.74) is 2.74. The van der Waals surface area contributed by atoms with E-state index in [2.05, 4.69) is 15.3 Å². The number of amides is 1. The minimum Gasteiger partial charge on any atom is -0.334 e. The zero-order chi connectivity index (χ0) is 17.6. The minimum atomic E-state index is -0.544. The van der Waals surface area contributed by atoms with Gasteiger partial charge in [0.15, 0.2) is 5.78 Å². The van der Waals surface area contributed by atoms with Crippen molar-refractivity contribution in [2.45, 2.75) is 19.3 Å². The third-order valence-electron chi connectivity index (χ3n) is 4.48. The van der Waals surface area contributed by atoms with Gasteiger partial charge in [-0.05, 0) is 37.1 Å². The smallest absolute Gasteiger partial charge is 0.261 e. The third kappa shape index (κ3) is 2.63. The molecule has 0 fully saturated rings. The fraction of sp³-hybridized carbons (Fsp3) is 0.222. The van der Waals surface area contributed by atoms with Crippen LogP contribution in [-0.4, -0.2) is 26.2 Å². The van der Waals surface area contributed by atoms with E-state index in [1.165, 1.54) is 6.07 Å². The van der Waals surface area contributed by atoms with Gasteiger partial charge in [0.2, 0.25) is 0 Å². The van der Waals surface area contributed by atoms with Gasteiger partial charge in [-0.15, -0.1) is 0 Å². The Labute approximate surface area is 142 Å². The normalized spacial score (nSPS) is 13.7. The van der Waals surface area contributed by atoms with E-state index in [1.54, 1.807) is 18.5 Å². The van der Waals surface area contributed by atoms with Crippen LogP contribution in [-0.2, 0) is 13.5 Å². The Hall–Kier alpha value is -3.22. The van der Waals surface area contributed by atoms with Gasteiger partial charge < -0.3 is 14.9 Å². The van der Waals surface area contributed by atoms with Crippen LogP contribution in [0.3, 0.4) is 0 Å². The van der Waals surface area contributed by atoms with Gasteiger partial charge >= 0.3 is 0 Å². The zero-order valence-corrected chi connectivity index (χ0v) is 13.6. The lowest BCUT2D eigenvalue weighted by Gasteiger charge is -2.15. The van der Waals surface area contributed by atoms with Crippen LogP contribution in [0.15, 0.2) is 35.4 Å². The first kappa shape index (κ1) is 15.3. The van der Waals surface area contributed by atoms with Crippen molar-refractivity contribution < 1.29 is 9.59 Å². The Morgan fingerprint density at radius 2 is 2.08 bits per heavy atom. The van der Waals surface area contributed by atoms with Gasteiger partial charge in [-0.1, -0.05) is 0 Å². The molecule has 2 heterocycles. The van der Waals surface area contributed by atoms with Crippen LogP contribution in [0.4, 0.5) is 5.69 Å². The lowest BCUT2D eigenvalue weighted by molar-refractivity contribution is 0.0971. The topological polar surface area (TPSA) is 96.8 Å². The number of hydrogen-bond acceptors (Lipinski definition) is 4. The van der Waals surface area contributed by atoms with Crippen LogP contribution < -0.4 is 10.9 Å². The maximum absolute atomic E-state index is 12.5. The number of pyridine rings is 1. The number of imidazole rings is 1. The van der Waals surface area contributed by atoms with Gasteiger partial charge in [-0.3, -0.25) is 14.4 Å². The molecule has 0 saturated heterocycles. The number of fused-ring (bicyclic) bond motifs is 2. The van der Waals surface area contributed by atoms with Gasteiger partial charge in [0.05, 0.1) is 17.4 Å². The molecule has 25 heavy (non-hydrogen) atoms. The second kappa shape index (κ2) is 5.70. The molecule has 7 nitrogen and oxygen atoms in total. The average molecular weight is 336 g/mol. The van der Waals surface area contributed by atoms with Gasteiger partial charge in [0.25, 0.3) is 11.5 Å². The number of benzene rings is 1. The predicted molar refractivity (Wildman–Crippen MR) is 93.0 cm³/mol. The summed E-state index contributed by atoms with van der Waals surface area (Å²) < 4.78 is 1.88. The third-order valence-corrected chi connectivity index (χ3v) is 4.48. The Balaban J connectivity index is 1.67. The quantitative estimate of drug-likeness (QED) is 0.748. The van der Waals surface area contributed by atoms with Crippen LogP contribution in [0.1, 0.15) is 39.3 Å². The summed E-state index contributed by atoms with van der Waals surface area (Å²) in [5, 5.41) is 2.70. The number of hydrogen-bond donors (Lipinski definition) is 2. The number of anilines is 1. The van der Waals surface area contributed by atoms with Crippen molar-refractivity contribution >= 4 is 28.4 Å². The molecule has 1 aromatic carbocycles. The van der Waals surface area contributed by atoms with Crippen molar-refractivity contribution in [1.29, 1.82) is 0 Å². The highest BCUT2D eigenvalue weighted by molar-refractivity contribution is 6.07. The Morgan fingerprint density at radius 1 is 1.24 bits per heavy atom. The fourth-order valence-corrected chi connectivity index (χ4v) is 3.16. The molecule has 3 aromatic rings. The number of rotatable bonds is 2. The highest BCUT2D eigenvalue weighted by Crippen LogP contribution is 2.20. The molecule has 2 N–H and O–H groups in total. The molecule has 0 aliphatic heterocycles. The summed E-state index contributed by atoms with van der Waals surface area (Å²) in [5.74, 6) is -0.584. The maximum atomic E-state index is 12.5. The summed E-state index contributed by atoms with van der Waals surface area (Å²) in [6.45, 7) is 0. The standard InChI is InChI=1S/C18H16N4O3/c1-22-9-19-14-7-10(5-6-15(14)22)20-17(24)12-8-11-13(21-18(12)25)3-2-4-16(11)23/h5-9H,2-4H2,1H3,(H,20,24)(H,21,25). The first-order chi connectivity index (χ1) is 12.0. The molecule has 1 aliphatic carbocycles. The molecular weight excluding hydrogens is 320 g/mol. The number of Topliss-reactive ketones (excluding diaryl/α,β-unsaturated/α-hetero) is 1. The molecule has 4 rings (SSSR count). The molecule has 0 saturated carbocycles. The molecule has 0 unspecified atom stereocenters. The van der Waals surface area contributed by atoms with Gasteiger partial charge in [-0.2, -0.15) is 0 Å². The summed E-state index contributed by atoms with van der Waals surface area (Å²) in [6.07, 6.45) is 3.50. The molecule has 1 aliphatic rings. The summed E-state index contributed by atoms with van der Waals surface area (Å²) >= 11 is 0. The number of ketones is 1. The highest BCUT2D eigenvalue weighted by atomic mass is 16.2. The average Bonchev–Trinajstić information content (AvgIpc) is 2.95. The second-order valence-electron chi connectivity index (χ2n) is 6.19. The molecular formula is C18H16N4O3. The minimum absolute atomic E-state index is 0.0403. The van der Waals surface area contributed by atoms with E-state index in [0.29, 0.717) is 29.8 Å². The number of nitrogens with zero attached hydrogens (tertiary/aromatic N) is 2. The molecule has 126 valence electrons. The number of H-pyrrole nitrogens is 1. The summed E-state index contributed by atoms with van der Waals surface area (Å²) in [7, 11) is 1.89. The molecule has 1 amide bonds. The van der Waals surface area contributed by atoms with Crippen LogP contribution in [0, 0.1) is 0 Å². The fourth-order valence-electron chi connectivity index (χ4n) is 3.16. The Kier molecular flexibility index (Phi) is 3.49. The Bertz CT molecular complexity index is 1080. The van der Waals surface area contributed by atoms with Crippen LogP contribution in [0.25, 0.3) is 11.0 Å². The van der Waals surface area contributed by atoms with Crippen molar-refractivity contribution in [3.63, 3.8) is 0 Å². The van der Waals surface area contributed by atoms with E-state index in [9.17, 15) is 14.4 Å². The number of aromatic nitrogens is 3. The monoisotopic (exact) mass is 336 g/mol. The first-order valence-corrected chi connectivity index (χ1v) is 8.05. The largest absolute Gasteiger partial charge is 0.334 e. The van der Waals surface area contributed by atoms with Gasteiger partial charge in [0.1, 0.15) is 5.56 Å². The van der Waals surface area contributed by atoms with Crippen LogP contribution >= 0.6 is 0 Å². The Morgan fingerprint density at radius 3 is 2.92 bits per heavy atom. The molecule has 0 radical (unpaired) electrons. The van der Waals surface area contributed by atoms with Crippen molar-refractivity contribution in [2.24, 2.45) is 7.05 Å². The second-order valence-corrected chi connectivity index (χ2v) is 6.19. The summed E-state index contributed by atoms with van der Waals surface area (Å²) in [4.78, 5) is 43.6. The van der Waals surface area contributed by atoms with Crippen LogP contribution in [0.2, 0.25) is 0 Å². The van der Waals surface area contributed by atoms with Crippen molar-refractivity contribution in [1.82, 2.24) is 14.5 Å². The molecule has 2 aromatic heterocycles. The number of aromatic amines is 1. The van der Waals surface area contributed by atoms with Crippen molar-refractivity contribution in [2.75, 3.05) is 5.32 Å². The zero-order valence-electron chi connectivity index (χ0n) is 13.6. The maximum Gasteiger partial charge on any atom is 0.261 e. The van der Waals surface area contributed by atoms with Gasteiger partial charge in [0, 0.05) is 30.4 Å². The van der Waals surface area contributed by atoms with E-state index < -0.39 is 11.5 Å². The molecule has 7 heteroatoms. The molecule has 0 atom stereocenters. The molecule has 0 spiro atoms. The van der Waals surface area contributed by atoms with Crippen molar-refractivity contribution in [3.05, 3.63) is 57.8 Å². The number of aryl methyl sites for hydroxylation is 2. The number of nitrogens with one attached hydrogen (secondary N) is 2. The predicted octanol–water partition coefficient (Wildman–Crippen LogP) is 2.03. The van der Waals surface area contributed by atoms with Crippen LogP contribution in [0.5, 0.6) is 0 Å². The van der Waals surface area contributed by atoms with Gasteiger partial charge in [-0.25, -0.2) is 4.98 Å². The van der Waals surface area contributed by atoms with E-state index >= 15 is 0 Å². The lowest BCUT2D eigenvalue weighted by atomic mass is 9.93. The lowest BCUT2D eigenvalue weighted by Crippen LogP contribution is -2.27. The SMILES string of the molecule is Cn1cnc2cc(NC(=O)c3cc4c([nH]c3=O)CCCC4=O)ccc21. The number of carbonyl (C=O) groups is 2. The van der Waals surface area contributed by atoms with Crippen molar-refractivity contribution in [3.8, 4) is 0 Å².